The summed E-state index contributed by atoms with van der Waals surface area (Å²) >= 11 is 0. The van der Waals surface area contributed by atoms with Crippen molar-refractivity contribution in [3.8, 4) is 5.88 Å². The molecule has 3 rings (SSSR count). The zero-order valence-corrected chi connectivity index (χ0v) is 12.2. The molecule has 1 fully saturated rings. The van der Waals surface area contributed by atoms with Crippen LogP contribution in [0.3, 0.4) is 0 Å². The van der Waals surface area contributed by atoms with Gasteiger partial charge >= 0.3 is 0 Å². The monoisotopic (exact) mass is 305 g/mol. The number of aromatic nitrogens is 2. The summed E-state index contributed by atoms with van der Waals surface area (Å²) in [5.41, 5.74) is 0.582. The molecule has 0 unspecified atom stereocenters. The molecule has 22 heavy (non-hydrogen) atoms. The number of piperidine rings is 1. The summed E-state index contributed by atoms with van der Waals surface area (Å²) in [6, 6.07) is 2.83. The Balaban J connectivity index is 1.58. The van der Waals surface area contributed by atoms with Gasteiger partial charge in [0.25, 0.3) is 11.8 Å². The number of aryl methyl sites for hydroxylation is 1. The number of carbonyl (C=O) groups is 1. The molecule has 1 saturated heterocycles. The normalized spacial score (nSPS) is 15.8. The molecule has 0 radical (unpaired) electrons. The van der Waals surface area contributed by atoms with Gasteiger partial charge in [0.1, 0.15) is 6.10 Å². The van der Waals surface area contributed by atoms with Crippen molar-refractivity contribution in [2.24, 2.45) is 0 Å². The second kappa shape index (κ2) is 6.13. The Morgan fingerprint density at radius 3 is 2.82 bits per heavy atom. The number of carbonyl (C=O) groups excluding carboxylic acids is 1. The molecule has 2 aromatic rings. The largest absolute Gasteiger partial charge is 0.472 e. The molecular formula is C15H16FN3O3. The van der Waals surface area contributed by atoms with Gasteiger partial charge in [-0.1, -0.05) is 0 Å². The average Bonchev–Trinajstić information content (AvgIpc) is 2.96. The molecule has 1 aliphatic rings. The van der Waals surface area contributed by atoms with Crippen molar-refractivity contribution in [3.05, 3.63) is 42.0 Å². The topological polar surface area (TPSA) is 68.5 Å². The summed E-state index contributed by atoms with van der Waals surface area (Å²) in [7, 11) is 0. The number of hydrogen-bond acceptors (Lipinski definition) is 5. The van der Waals surface area contributed by atoms with Gasteiger partial charge in [-0.2, -0.15) is 0 Å². The first-order chi connectivity index (χ1) is 10.6. The first-order valence-corrected chi connectivity index (χ1v) is 7.11. The SMILES string of the molecule is Cc1ncoc1C(=O)N1CCC(Oc2ncccc2F)CC1. The van der Waals surface area contributed by atoms with Crippen LogP contribution in [0.25, 0.3) is 0 Å². The number of hydrogen-bond donors (Lipinski definition) is 0. The van der Waals surface area contributed by atoms with Gasteiger partial charge in [0.2, 0.25) is 5.76 Å². The fraction of sp³-hybridized carbons (Fsp3) is 0.400. The highest BCUT2D eigenvalue weighted by atomic mass is 19.1. The van der Waals surface area contributed by atoms with Gasteiger partial charge in [-0.15, -0.1) is 0 Å². The van der Waals surface area contributed by atoms with E-state index in [1.54, 1.807) is 11.8 Å². The first-order valence-electron chi connectivity index (χ1n) is 7.11. The number of oxazole rings is 1. The van der Waals surface area contributed by atoms with E-state index in [4.69, 9.17) is 9.15 Å². The van der Waals surface area contributed by atoms with Gasteiger partial charge < -0.3 is 14.1 Å². The predicted molar refractivity (Wildman–Crippen MR) is 75.0 cm³/mol. The molecule has 1 amide bonds. The fourth-order valence-electron chi connectivity index (χ4n) is 2.44. The maximum absolute atomic E-state index is 13.5. The van der Waals surface area contributed by atoms with Gasteiger partial charge in [0.15, 0.2) is 12.2 Å². The van der Waals surface area contributed by atoms with Crippen LogP contribution in [0.2, 0.25) is 0 Å². The Kier molecular flexibility index (Phi) is 4.04. The van der Waals surface area contributed by atoms with Crippen molar-refractivity contribution >= 4 is 5.91 Å². The van der Waals surface area contributed by atoms with Crippen molar-refractivity contribution in [1.82, 2.24) is 14.9 Å². The van der Waals surface area contributed by atoms with E-state index in [0.29, 0.717) is 31.6 Å². The van der Waals surface area contributed by atoms with E-state index in [2.05, 4.69) is 9.97 Å². The lowest BCUT2D eigenvalue weighted by Crippen LogP contribution is -2.42. The second-order valence-corrected chi connectivity index (χ2v) is 5.17. The number of likely N-dealkylation sites (tertiary alicyclic amines) is 1. The van der Waals surface area contributed by atoms with Gasteiger partial charge in [-0.25, -0.2) is 14.4 Å². The number of pyridine rings is 1. The van der Waals surface area contributed by atoms with E-state index in [1.807, 2.05) is 0 Å². The van der Waals surface area contributed by atoms with Crippen LogP contribution in [-0.4, -0.2) is 40.0 Å². The highest BCUT2D eigenvalue weighted by Crippen LogP contribution is 2.21. The van der Waals surface area contributed by atoms with Crippen LogP contribution >= 0.6 is 0 Å². The zero-order valence-electron chi connectivity index (χ0n) is 12.2. The molecule has 6 nitrogen and oxygen atoms in total. The molecule has 0 aliphatic carbocycles. The van der Waals surface area contributed by atoms with E-state index >= 15 is 0 Å². The summed E-state index contributed by atoms with van der Waals surface area (Å²) in [4.78, 5) is 21.8. The standard InChI is InChI=1S/C15H16FN3O3/c1-10-13(21-9-18-10)15(20)19-7-4-11(5-8-19)22-14-12(16)3-2-6-17-14/h2-3,6,9,11H,4-5,7-8H2,1H3. The van der Waals surface area contributed by atoms with Gasteiger partial charge in [0.05, 0.1) is 5.69 Å². The third-order valence-corrected chi connectivity index (χ3v) is 3.67. The molecule has 2 aromatic heterocycles. The summed E-state index contributed by atoms with van der Waals surface area (Å²) in [6.45, 7) is 2.78. The van der Waals surface area contributed by atoms with Crippen molar-refractivity contribution in [3.63, 3.8) is 0 Å². The van der Waals surface area contributed by atoms with Crippen molar-refractivity contribution in [2.75, 3.05) is 13.1 Å². The summed E-state index contributed by atoms with van der Waals surface area (Å²) in [6.07, 6.45) is 3.85. The smallest absolute Gasteiger partial charge is 0.291 e. The maximum Gasteiger partial charge on any atom is 0.291 e. The molecular weight excluding hydrogens is 289 g/mol. The number of amides is 1. The number of halogens is 1. The summed E-state index contributed by atoms with van der Waals surface area (Å²) < 4.78 is 24.2. The molecule has 7 heteroatoms. The van der Waals surface area contributed by atoms with E-state index in [0.717, 1.165) is 0 Å². The lowest BCUT2D eigenvalue weighted by molar-refractivity contribution is 0.0550. The minimum absolute atomic E-state index is 0.0124. The minimum Gasteiger partial charge on any atom is -0.472 e. The van der Waals surface area contributed by atoms with E-state index < -0.39 is 5.82 Å². The second-order valence-electron chi connectivity index (χ2n) is 5.17. The van der Waals surface area contributed by atoms with Gasteiger partial charge in [0, 0.05) is 32.1 Å². The Morgan fingerprint density at radius 1 is 1.41 bits per heavy atom. The first kappa shape index (κ1) is 14.5. The Morgan fingerprint density at radius 2 is 2.18 bits per heavy atom. The molecule has 0 saturated carbocycles. The van der Waals surface area contributed by atoms with Gasteiger partial charge in [-0.3, -0.25) is 4.79 Å². The van der Waals surface area contributed by atoms with Crippen LogP contribution in [-0.2, 0) is 0 Å². The molecule has 3 heterocycles. The maximum atomic E-state index is 13.5. The van der Waals surface area contributed by atoms with Crippen LogP contribution in [0.1, 0.15) is 29.1 Å². The highest BCUT2D eigenvalue weighted by molar-refractivity contribution is 5.92. The zero-order chi connectivity index (χ0) is 15.5. The Hall–Kier alpha value is -2.44. The number of ether oxygens (including phenoxy) is 1. The molecule has 1 aliphatic heterocycles. The molecule has 0 aromatic carbocycles. The van der Waals surface area contributed by atoms with Crippen molar-refractivity contribution < 1.29 is 18.3 Å². The van der Waals surface area contributed by atoms with Crippen molar-refractivity contribution in [2.45, 2.75) is 25.9 Å². The third kappa shape index (κ3) is 2.93. The van der Waals surface area contributed by atoms with Crippen molar-refractivity contribution in [1.29, 1.82) is 0 Å². The molecule has 116 valence electrons. The number of rotatable bonds is 3. The fourth-order valence-corrected chi connectivity index (χ4v) is 2.44. The third-order valence-electron chi connectivity index (χ3n) is 3.67. The van der Waals surface area contributed by atoms with Crippen LogP contribution in [0.15, 0.2) is 29.1 Å². The van der Waals surface area contributed by atoms with Crippen LogP contribution < -0.4 is 4.74 Å². The Labute approximate surface area is 126 Å². The van der Waals surface area contributed by atoms with E-state index in [-0.39, 0.29) is 23.7 Å². The molecule has 0 atom stereocenters. The molecule has 0 spiro atoms. The highest BCUT2D eigenvalue weighted by Gasteiger charge is 2.28. The lowest BCUT2D eigenvalue weighted by Gasteiger charge is -2.31. The van der Waals surface area contributed by atoms with E-state index in [1.165, 1.54) is 24.7 Å². The quantitative estimate of drug-likeness (QED) is 0.869. The van der Waals surface area contributed by atoms with Gasteiger partial charge in [-0.05, 0) is 19.1 Å². The minimum atomic E-state index is -0.474. The summed E-state index contributed by atoms with van der Waals surface area (Å²) in [5, 5.41) is 0. The van der Waals surface area contributed by atoms with Crippen LogP contribution in [0.4, 0.5) is 4.39 Å². The van der Waals surface area contributed by atoms with Crippen LogP contribution in [0, 0.1) is 12.7 Å². The summed E-state index contributed by atoms with van der Waals surface area (Å²) in [5.74, 6) is -0.357. The molecule has 0 bridgehead atoms. The lowest BCUT2D eigenvalue weighted by atomic mass is 10.1. The Bertz CT molecular complexity index is 666. The van der Waals surface area contributed by atoms with E-state index in [9.17, 15) is 9.18 Å². The number of nitrogens with zero attached hydrogens (tertiary/aromatic N) is 3. The average molecular weight is 305 g/mol. The predicted octanol–water partition coefficient (Wildman–Crippen LogP) is 2.20. The van der Waals surface area contributed by atoms with Crippen LogP contribution in [0.5, 0.6) is 5.88 Å². The molecule has 0 N–H and O–H groups in total.